The summed E-state index contributed by atoms with van der Waals surface area (Å²) >= 11 is 5.60. The van der Waals surface area contributed by atoms with Gasteiger partial charge in [-0.1, -0.05) is 11.6 Å². The number of aryl methyl sites for hydroxylation is 1. The lowest BCUT2D eigenvalue weighted by Crippen LogP contribution is -2.50. The third-order valence-electron chi connectivity index (χ3n) is 5.60. The Bertz CT molecular complexity index is 1320. The van der Waals surface area contributed by atoms with Gasteiger partial charge in [-0.2, -0.15) is 22.6 Å². The van der Waals surface area contributed by atoms with E-state index in [9.17, 15) is 26.4 Å². The van der Waals surface area contributed by atoms with Gasteiger partial charge in [-0.05, 0) is 55.5 Å². The van der Waals surface area contributed by atoms with Crippen LogP contribution in [-0.2, 0) is 16.2 Å². The second-order valence-corrected chi connectivity index (χ2v) is 10.1. The van der Waals surface area contributed by atoms with E-state index in [1.807, 2.05) is 13.0 Å². The lowest BCUT2D eigenvalue weighted by molar-refractivity contribution is -0.137. The Morgan fingerprint density at radius 3 is 2.21 bits per heavy atom. The van der Waals surface area contributed by atoms with Gasteiger partial charge in [-0.25, -0.2) is 13.1 Å². The zero-order valence-electron chi connectivity index (χ0n) is 18.0. The summed E-state index contributed by atoms with van der Waals surface area (Å²) in [5, 5.41) is 3.65. The number of halogens is 4. The number of aromatic nitrogens is 2. The average molecular weight is 513 g/mol. The molecule has 0 aliphatic carbocycles. The predicted octanol–water partition coefficient (Wildman–Crippen LogP) is 4.00. The molecular formula is C22H20ClF3N4O3S. The summed E-state index contributed by atoms with van der Waals surface area (Å²) in [6.07, 6.45) is -3.10. The van der Waals surface area contributed by atoms with Gasteiger partial charge in [0.2, 0.25) is 10.0 Å². The molecule has 1 saturated heterocycles. The van der Waals surface area contributed by atoms with Gasteiger partial charge >= 0.3 is 6.18 Å². The van der Waals surface area contributed by atoms with Crippen molar-refractivity contribution in [1.82, 2.24) is 19.0 Å². The van der Waals surface area contributed by atoms with Crippen molar-refractivity contribution in [3.63, 3.8) is 0 Å². The minimum atomic E-state index is -4.78. The zero-order valence-corrected chi connectivity index (χ0v) is 19.5. The van der Waals surface area contributed by atoms with Crippen LogP contribution in [0, 0.1) is 6.92 Å². The first kappa shape index (κ1) is 24.2. The van der Waals surface area contributed by atoms with E-state index in [2.05, 4.69) is 5.10 Å². The van der Waals surface area contributed by atoms with Crippen LogP contribution in [0.15, 0.2) is 59.6 Å². The Hall–Kier alpha value is -2.89. The van der Waals surface area contributed by atoms with Gasteiger partial charge in [0.05, 0.1) is 21.2 Å². The van der Waals surface area contributed by atoms with Crippen molar-refractivity contribution in [2.75, 3.05) is 26.2 Å². The first-order valence-electron chi connectivity index (χ1n) is 10.3. The number of rotatable bonds is 4. The first-order valence-corrected chi connectivity index (χ1v) is 12.1. The highest BCUT2D eigenvalue weighted by molar-refractivity contribution is 7.89. The lowest BCUT2D eigenvalue weighted by atomic mass is 10.1. The molecule has 1 amide bonds. The molecule has 1 aromatic heterocycles. The molecule has 0 N–H and O–H groups in total. The number of hydrogen-bond acceptors (Lipinski definition) is 4. The standard InChI is InChI=1S/C22H20ClF3N4O3S/c1-15-8-9-27-30(15)17-4-2-16(3-5-17)21(31)28-10-12-29(13-11-28)34(32,33)18-6-7-20(23)19(14-18)22(24,25)26/h2-9,14H,10-13H2,1H3. The topological polar surface area (TPSA) is 75.5 Å². The largest absolute Gasteiger partial charge is 0.417 e. The summed E-state index contributed by atoms with van der Waals surface area (Å²) in [5.74, 6) is -0.258. The minimum Gasteiger partial charge on any atom is -0.336 e. The molecule has 1 aliphatic rings. The quantitative estimate of drug-likeness (QED) is 0.529. The molecule has 0 atom stereocenters. The second-order valence-electron chi connectivity index (χ2n) is 7.77. The number of piperazine rings is 1. The number of carbonyl (C=O) groups excluding carboxylic acids is 1. The Balaban J connectivity index is 1.45. The van der Waals surface area contributed by atoms with Crippen molar-refractivity contribution >= 4 is 27.5 Å². The highest BCUT2D eigenvalue weighted by atomic mass is 35.5. The Kier molecular flexibility index (Phi) is 6.45. The number of benzene rings is 2. The molecule has 2 aromatic carbocycles. The maximum Gasteiger partial charge on any atom is 0.417 e. The van der Waals surface area contributed by atoms with E-state index in [1.165, 1.54) is 4.90 Å². The molecule has 7 nitrogen and oxygen atoms in total. The van der Waals surface area contributed by atoms with Crippen LogP contribution in [0.3, 0.4) is 0 Å². The van der Waals surface area contributed by atoms with E-state index in [-0.39, 0.29) is 32.1 Å². The third-order valence-corrected chi connectivity index (χ3v) is 7.82. The Morgan fingerprint density at radius 1 is 1.00 bits per heavy atom. The first-order chi connectivity index (χ1) is 16.0. The van der Waals surface area contributed by atoms with Crippen LogP contribution >= 0.6 is 11.6 Å². The van der Waals surface area contributed by atoms with E-state index in [1.54, 1.807) is 35.1 Å². The normalized spacial score (nSPS) is 15.5. The fraction of sp³-hybridized carbons (Fsp3) is 0.273. The van der Waals surface area contributed by atoms with Crippen molar-refractivity contribution < 1.29 is 26.4 Å². The van der Waals surface area contributed by atoms with Gasteiger partial charge in [0.15, 0.2) is 0 Å². The average Bonchev–Trinajstić information content (AvgIpc) is 3.24. The summed E-state index contributed by atoms with van der Waals surface area (Å²) in [7, 11) is -4.18. The van der Waals surface area contributed by atoms with Crippen LogP contribution < -0.4 is 0 Å². The number of alkyl halides is 3. The molecular weight excluding hydrogens is 493 g/mol. The molecule has 34 heavy (non-hydrogen) atoms. The molecule has 1 fully saturated rings. The van der Waals surface area contributed by atoms with E-state index in [4.69, 9.17) is 11.6 Å². The predicted molar refractivity (Wildman–Crippen MR) is 119 cm³/mol. The summed E-state index contributed by atoms with van der Waals surface area (Å²) < 4.78 is 68.0. The molecule has 2 heterocycles. The van der Waals surface area contributed by atoms with Crippen LogP contribution in [0.4, 0.5) is 13.2 Å². The highest BCUT2D eigenvalue weighted by Gasteiger charge is 2.36. The summed E-state index contributed by atoms with van der Waals surface area (Å²) in [6.45, 7) is 2.05. The van der Waals surface area contributed by atoms with E-state index in [0.29, 0.717) is 11.6 Å². The van der Waals surface area contributed by atoms with Gasteiger partial charge in [-0.15, -0.1) is 0 Å². The molecule has 4 rings (SSSR count). The van der Waals surface area contributed by atoms with Crippen LogP contribution in [0.5, 0.6) is 0 Å². The van der Waals surface area contributed by atoms with Gasteiger partial charge in [0.25, 0.3) is 5.91 Å². The monoisotopic (exact) mass is 512 g/mol. The molecule has 3 aromatic rings. The van der Waals surface area contributed by atoms with Crippen molar-refractivity contribution in [2.24, 2.45) is 0 Å². The van der Waals surface area contributed by atoms with Crippen LogP contribution in [-0.4, -0.2) is 59.5 Å². The minimum absolute atomic E-state index is 0.0391. The van der Waals surface area contributed by atoms with Crippen LogP contribution in [0.25, 0.3) is 5.69 Å². The molecule has 180 valence electrons. The summed E-state index contributed by atoms with van der Waals surface area (Å²) in [6, 6.07) is 11.3. The fourth-order valence-electron chi connectivity index (χ4n) is 3.73. The lowest BCUT2D eigenvalue weighted by Gasteiger charge is -2.34. The smallest absolute Gasteiger partial charge is 0.336 e. The highest BCUT2D eigenvalue weighted by Crippen LogP contribution is 2.36. The molecule has 0 saturated carbocycles. The summed E-state index contributed by atoms with van der Waals surface area (Å²) in [4.78, 5) is 13.9. The van der Waals surface area contributed by atoms with Gasteiger partial charge in [-0.3, -0.25) is 4.79 Å². The Labute approximate surface area is 199 Å². The van der Waals surface area contributed by atoms with Gasteiger partial charge in [0, 0.05) is 43.6 Å². The molecule has 0 unspecified atom stereocenters. The van der Waals surface area contributed by atoms with Crippen LogP contribution in [0.1, 0.15) is 21.6 Å². The van der Waals surface area contributed by atoms with Gasteiger partial charge < -0.3 is 4.90 Å². The van der Waals surface area contributed by atoms with Crippen LogP contribution in [0.2, 0.25) is 5.02 Å². The van der Waals surface area contributed by atoms with Crippen molar-refractivity contribution in [2.45, 2.75) is 18.0 Å². The van der Waals surface area contributed by atoms with Crippen molar-refractivity contribution in [3.8, 4) is 5.69 Å². The summed E-state index contributed by atoms with van der Waals surface area (Å²) in [5.41, 5.74) is 0.978. The molecule has 1 aliphatic heterocycles. The fourth-order valence-corrected chi connectivity index (χ4v) is 5.40. The zero-order chi connectivity index (χ0) is 24.7. The van der Waals surface area contributed by atoms with E-state index in [0.717, 1.165) is 27.8 Å². The number of sulfonamides is 1. The Morgan fingerprint density at radius 2 is 1.65 bits per heavy atom. The second kappa shape index (κ2) is 9.05. The van der Waals surface area contributed by atoms with Gasteiger partial charge in [0.1, 0.15) is 0 Å². The number of carbonyl (C=O) groups is 1. The molecule has 12 heteroatoms. The number of hydrogen-bond donors (Lipinski definition) is 0. The van der Waals surface area contributed by atoms with Crippen molar-refractivity contribution in [1.29, 1.82) is 0 Å². The van der Waals surface area contributed by atoms with E-state index >= 15 is 0 Å². The number of nitrogens with zero attached hydrogens (tertiary/aromatic N) is 4. The van der Waals surface area contributed by atoms with Crippen molar-refractivity contribution in [3.05, 3.63) is 76.6 Å². The third kappa shape index (κ3) is 4.68. The number of amides is 1. The molecule has 0 bridgehead atoms. The molecule has 0 radical (unpaired) electrons. The SMILES string of the molecule is Cc1ccnn1-c1ccc(C(=O)N2CCN(S(=O)(=O)c3ccc(Cl)c(C(F)(F)F)c3)CC2)cc1. The maximum atomic E-state index is 13.1. The molecule has 0 spiro atoms. The van der Waals surface area contributed by atoms with E-state index < -0.39 is 31.7 Å². The maximum absolute atomic E-state index is 13.1.